The highest BCUT2D eigenvalue weighted by molar-refractivity contribution is 6.36. The monoisotopic (exact) mass is 425 g/mol. The van der Waals surface area contributed by atoms with Gasteiger partial charge in [0.1, 0.15) is 5.82 Å². The smallest absolute Gasteiger partial charge is 0.133 e. The van der Waals surface area contributed by atoms with Gasteiger partial charge in [0.15, 0.2) is 0 Å². The molecule has 0 radical (unpaired) electrons. The van der Waals surface area contributed by atoms with Crippen molar-refractivity contribution in [3.63, 3.8) is 0 Å². The summed E-state index contributed by atoms with van der Waals surface area (Å²) in [4.78, 5) is 0. The molecule has 0 fully saturated rings. The molecule has 2 aromatic carbocycles. The van der Waals surface area contributed by atoms with E-state index < -0.39 is 0 Å². The van der Waals surface area contributed by atoms with Crippen LogP contribution in [-0.2, 0) is 6.42 Å². The number of nitrogens with zero attached hydrogens (tertiary/aromatic N) is 2. The van der Waals surface area contributed by atoms with Gasteiger partial charge in [-0.25, -0.2) is 4.68 Å². The number of nitrogens with one attached hydrogen (secondary N) is 1. The van der Waals surface area contributed by atoms with Crippen LogP contribution >= 0.6 is 46.4 Å². The van der Waals surface area contributed by atoms with Gasteiger partial charge in [-0.15, -0.1) is 0 Å². The van der Waals surface area contributed by atoms with E-state index in [1.807, 2.05) is 28.9 Å². The zero-order chi connectivity index (χ0) is 18.3. The Kier molecular flexibility index (Phi) is 5.07. The Morgan fingerprint density at radius 1 is 0.885 bits per heavy atom. The van der Waals surface area contributed by atoms with E-state index in [2.05, 4.69) is 5.32 Å². The van der Waals surface area contributed by atoms with Gasteiger partial charge in [-0.05, 0) is 55.7 Å². The lowest BCUT2D eigenvalue weighted by molar-refractivity contribution is 0.780. The van der Waals surface area contributed by atoms with E-state index in [0.29, 0.717) is 20.1 Å². The van der Waals surface area contributed by atoms with Crippen molar-refractivity contribution in [1.29, 1.82) is 0 Å². The average molecular weight is 427 g/mol. The standard InChI is InChI=1S/C19H15Cl4N3/c20-11-4-5-15(17(23)10-11)18-16-3-1-2-6-24-19(16)26(25-18)14-8-12(21)7-13(22)9-14/h4-5,7-10,24H,1-3,6H2. The van der Waals surface area contributed by atoms with Crippen LogP contribution < -0.4 is 5.32 Å². The van der Waals surface area contributed by atoms with E-state index >= 15 is 0 Å². The topological polar surface area (TPSA) is 29.9 Å². The Morgan fingerprint density at radius 2 is 1.65 bits per heavy atom. The van der Waals surface area contributed by atoms with Gasteiger partial charge < -0.3 is 5.32 Å². The minimum Gasteiger partial charge on any atom is -0.370 e. The lowest BCUT2D eigenvalue weighted by Gasteiger charge is -2.10. The van der Waals surface area contributed by atoms with Gasteiger partial charge in [0.05, 0.1) is 16.4 Å². The van der Waals surface area contributed by atoms with Gasteiger partial charge in [0.2, 0.25) is 0 Å². The summed E-state index contributed by atoms with van der Waals surface area (Å²) < 4.78 is 1.86. The fourth-order valence-corrected chi connectivity index (χ4v) is 4.26. The number of benzene rings is 2. The Bertz CT molecular complexity index is 961. The molecule has 0 atom stereocenters. The second-order valence-corrected chi connectivity index (χ2v) is 7.94. The minimum atomic E-state index is 0.566. The molecule has 7 heteroatoms. The second-order valence-electron chi connectivity index (χ2n) is 6.22. The van der Waals surface area contributed by atoms with Gasteiger partial charge >= 0.3 is 0 Å². The van der Waals surface area contributed by atoms with E-state index in [1.165, 1.54) is 0 Å². The molecule has 0 unspecified atom stereocenters. The number of hydrogen-bond donors (Lipinski definition) is 1. The Labute approximate surface area is 171 Å². The fourth-order valence-electron chi connectivity index (χ4n) is 3.25. The van der Waals surface area contributed by atoms with Crippen LogP contribution in [0.1, 0.15) is 18.4 Å². The van der Waals surface area contributed by atoms with Gasteiger partial charge in [0, 0.05) is 32.7 Å². The van der Waals surface area contributed by atoms with Crippen LogP contribution in [0.15, 0.2) is 36.4 Å². The molecule has 0 amide bonds. The summed E-state index contributed by atoms with van der Waals surface area (Å²) in [6, 6.07) is 10.9. The van der Waals surface area contributed by atoms with Crippen molar-refractivity contribution in [3.8, 4) is 16.9 Å². The lowest BCUT2D eigenvalue weighted by Crippen LogP contribution is -2.07. The van der Waals surface area contributed by atoms with Crippen LogP contribution in [0.2, 0.25) is 20.1 Å². The first-order valence-corrected chi connectivity index (χ1v) is 9.82. The van der Waals surface area contributed by atoms with Crippen molar-refractivity contribution in [2.24, 2.45) is 0 Å². The molecular weight excluding hydrogens is 412 g/mol. The number of hydrogen-bond acceptors (Lipinski definition) is 2. The molecule has 0 saturated heterocycles. The molecule has 1 aromatic heterocycles. The van der Waals surface area contributed by atoms with Crippen LogP contribution in [0.25, 0.3) is 16.9 Å². The highest BCUT2D eigenvalue weighted by atomic mass is 35.5. The van der Waals surface area contributed by atoms with Crippen LogP contribution in [0.5, 0.6) is 0 Å². The van der Waals surface area contributed by atoms with Gasteiger partial charge in [-0.1, -0.05) is 46.4 Å². The summed E-state index contributed by atoms with van der Waals surface area (Å²) in [6.45, 7) is 0.890. The molecule has 0 spiro atoms. The van der Waals surface area contributed by atoms with E-state index in [0.717, 1.165) is 54.1 Å². The van der Waals surface area contributed by atoms with Crippen molar-refractivity contribution in [1.82, 2.24) is 9.78 Å². The zero-order valence-corrected chi connectivity index (χ0v) is 16.7. The van der Waals surface area contributed by atoms with Crippen molar-refractivity contribution < 1.29 is 0 Å². The molecule has 134 valence electrons. The predicted octanol–water partition coefficient (Wildman–Crippen LogP) is 6.90. The summed E-state index contributed by atoms with van der Waals surface area (Å²) in [6.07, 6.45) is 3.10. The van der Waals surface area contributed by atoms with Gasteiger partial charge in [-0.3, -0.25) is 0 Å². The third-order valence-corrected chi connectivity index (χ3v) is 5.39. The molecule has 1 aliphatic heterocycles. The largest absolute Gasteiger partial charge is 0.370 e. The number of aromatic nitrogens is 2. The number of fused-ring (bicyclic) bond motifs is 1. The SMILES string of the molecule is Clc1cc(Cl)cc(-n2nc(-c3ccc(Cl)cc3Cl)c3c2NCCCC3)c1. The van der Waals surface area contributed by atoms with Gasteiger partial charge in [-0.2, -0.15) is 5.10 Å². The molecule has 1 N–H and O–H groups in total. The summed E-state index contributed by atoms with van der Waals surface area (Å²) in [5.41, 5.74) is 3.67. The highest BCUT2D eigenvalue weighted by Crippen LogP contribution is 2.38. The van der Waals surface area contributed by atoms with Gasteiger partial charge in [0.25, 0.3) is 0 Å². The third-order valence-electron chi connectivity index (χ3n) is 4.41. The molecule has 1 aliphatic rings. The molecule has 26 heavy (non-hydrogen) atoms. The molecular formula is C19H15Cl4N3. The van der Waals surface area contributed by atoms with Crippen molar-refractivity contribution in [2.75, 3.05) is 11.9 Å². The Hall–Kier alpha value is -1.39. The van der Waals surface area contributed by atoms with Crippen LogP contribution in [0.3, 0.4) is 0 Å². The molecule has 4 rings (SSSR count). The molecule has 0 aliphatic carbocycles. The maximum absolute atomic E-state index is 6.46. The van der Waals surface area contributed by atoms with Crippen molar-refractivity contribution in [3.05, 3.63) is 62.1 Å². The van der Waals surface area contributed by atoms with Crippen LogP contribution in [-0.4, -0.2) is 16.3 Å². The summed E-state index contributed by atoms with van der Waals surface area (Å²) >= 11 is 24.9. The van der Waals surface area contributed by atoms with Crippen molar-refractivity contribution in [2.45, 2.75) is 19.3 Å². The summed E-state index contributed by atoms with van der Waals surface area (Å²) in [5.74, 6) is 0.960. The fraction of sp³-hybridized carbons (Fsp3) is 0.211. The van der Waals surface area contributed by atoms with Crippen LogP contribution in [0.4, 0.5) is 5.82 Å². The van der Waals surface area contributed by atoms with E-state index in [1.54, 1.807) is 12.1 Å². The minimum absolute atomic E-state index is 0.566. The zero-order valence-electron chi connectivity index (χ0n) is 13.7. The second kappa shape index (κ2) is 7.32. The highest BCUT2D eigenvalue weighted by Gasteiger charge is 2.23. The van der Waals surface area contributed by atoms with Crippen LogP contribution in [0, 0.1) is 0 Å². The normalized spacial score (nSPS) is 13.8. The first kappa shape index (κ1) is 18.0. The first-order chi connectivity index (χ1) is 12.5. The van der Waals surface area contributed by atoms with E-state index in [9.17, 15) is 0 Å². The molecule has 3 nitrogen and oxygen atoms in total. The lowest BCUT2D eigenvalue weighted by atomic mass is 10.0. The maximum Gasteiger partial charge on any atom is 0.133 e. The average Bonchev–Trinajstić information content (AvgIpc) is 2.76. The summed E-state index contributed by atoms with van der Waals surface area (Å²) in [5, 5.41) is 10.7. The maximum atomic E-state index is 6.46. The molecule has 0 saturated carbocycles. The first-order valence-electron chi connectivity index (χ1n) is 8.30. The Balaban J connectivity index is 1.94. The number of rotatable bonds is 2. The quantitative estimate of drug-likeness (QED) is 0.482. The molecule has 3 aromatic rings. The predicted molar refractivity (Wildman–Crippen MR) is 110 cm³/mol. The molecule has 2 heterocycles. The van der Waals surface area contributed by atoms with E-state index in [4.69, 9.17) is 51.5 Å². The summed E-state index contributed by atoms with van der Waals surface area (Å²) in [7, 11) is 0. The molecule has 0 bridgehead atoms. The Morgan fingerprint density at radius 3 is 2.38 bits per heavy atom. The van der Waals surface area contributed by atoms with Crippen molar-refractivity contribution >= 4 is 52.2 Å². The van der Waals surface area contributed by atoms with E-state index in [-0.39, 0.29) is 0 Å². The number of anilines is 1. The third kappa shape index (κ3) is 3.41. The number of halogens is 4.